The Morgan fingerprint density at radius 2 is 2.22 bits per heavy atom. The third-order valence-corrected chi connectivity index (χ3v) is 2.66. The van der Waals surface area contributed by atoms with E-state index in [1.165, 1.54) is 0 Å². The maximum Gasteiger partial charge on any atom is 0.224 e. The lowest BCUT2D eigenvalue weighted by atomic mass is 10.3. The predicted octanol–water partition coefficient (Wildman–Crippen LogP) is 1.62. The summed E-state index contributed by atoms with van der Waals surface area (Å²) < 4.78 is 0. The molecule has 18 heavy (non-hydrogen) atoms. The summed E-state index contributed by atoms with van der Waals surface area (Å²) in [5.74, 6) is 0.141. The van der Waals surface area contributed by atoms with Crippen molar-refractivity contribution < 1.29 is 4.79 Å². The van der Waals surface area contributed by atoms with Crippen molar-refractivity contribution >= 4 is 11.6 Å². The molecule has 96 valence electrons. The van der Waals surface area contributed by atoms with Gasteiger partial charge in [-0.1, -0.05) is 0 Å². The molecule has 1 aromatic heterocycles. The van der Waals surface area contributed by atoms with Gasteiger partial charge in [0.05, 0.1) is 0 Å². The van der Waals surface area contributed by atoms with Gasteiger partial charge in [-0.3, -0.25) is 4.79 Å². The van der Waals surface area contributed by atoms with E-state index in [1.54, 1.807) is 23.2 Å². The fraction of sp³-hybridized carbons (Fsp3) is 0.462. The monoisotopic (exact) mass is 246 g/mol. The lowest BCUT2D eigenvalue weighted by molar-refractivity contribution is -0.130. The van der Waals surface area contributed by atoms with Crippen LogP contribution in [-0.2, 0) is 4.79 Å². The van der Waals surface area contributed by atoms with E-state index in [4.69, 9.17) is 5.26 Å². The van der Waals surface area contributed by atoms with E-state index in [0.717, 1.165) is 18.8 Å². The van der Waals surface area contributed by atoms with Crippen LogP contribution < -0.4 is 5.32 Å². The highest BCUT2D eigenvalue weighted by Crippen LogP contribution is 2.07. The smallest absolute Gasteiger partial charge is 0.224 e. The minimum absolute atomic E-state index is 0.141. The Balaban J connectivity index is 2.42. The Bertz CT molecular complexity index is 435. The van der Waals surface area contributed by atoms with Crippen LogP contribution in [0.4, 0.5) is 5.69 Å². The van der Waals surface area contributed by atoms with E-state index in [2.05, 4.69) is 10.3 Å². The largest absolute Gasteiger partial charge is 0.384 e. The Morgan fingerprint density at radius 3 is 2.83 bits per heavy atom. The number of carbonyl (C=O) groups is 1. The molecule has 1 aromatic rings. The predicted molar refractivity (Wildman–Crippen MR) is 70.0 cm³/mol. The molecular weight excluding hydrogens is 228 g/mol. The van der Waals surface area contributed by atoms with Gasteiger partial charge in [0.25, 0.3) is 0 Å². The summed E-state index contributed by atoms with van der Waals surface area (Å²) in [7, 11) is 0. The number of aromatic nitrogens is 1. The summed E-state index contributed by atoms with van der Waals surface area (Å²) in [4.78, 5) is 17.4. The van der Waals surface area contributed by atoms with Gasteiger partial charge in [0.2, 0.25) is 5.91 Å². The molecule has 0 aliphatic carbocycles. The summed E-state index contributed by atoms with van der Waals surface area (Å²) in [6, 6.07) is 5.43. The molecule has 0 aliphatic heterocycles. The molecule has 5 heteroatoms. The van der Waals surface area contributed by atoms with Gasteiger partial charge in [0.1, 0.15) is 11.8 Å². The lowest BCUT2D eigenvalue weighted by Crippen LogP contribution is -2.31. The van der Waals surface area contributed by atoms with Gasteiger partial charge in [-0.05, 0) is 26.0 Å². The molecule has 0 spiro atoms. The average Bonchev–Trinajstić information content (AvgIpc) is 2.40. The number of carbonyl (C=O) groups excluding carboxylic acids is 1. The number of rotatable bonds is 6. The first-order chi connectivity index (χ1) is 8.71. The molecular formula is C13H18N4O. The van der Waals surface area contributed by atoms with Gasteiger partial charge < -0.3 is 10.2 Å². The number of pyridine rings is 1. The minimum Gasteiger partial charge on any atom is -0.384 e. The highest BCUT2D eigenvalue weighted by molar-refractivity contribution is 5.76. The summed E-state index contributed by atoms with van der Waals surface area (Å²) in [5.41, 5.74) is 1.18. The SMILES string of the molecule is CCN(CC)C(=O)CCNc1ccnc(C#N)c1. The van der Waals surface area contributed by atoms with E-state index >= 15 is 0 Å². The van der Waals surface area contributed by atoms with Gasteiger partial charge in [0.15, 0.2) is 0 Å². The standard InChI is InChI=1S/C13H18N4O/c1-3-17(4-2)13(18)6-8-15-11-5-7-16-12(9-11)10-14/h5,7,9H,3-4,6,8H2,1-2H3,(H,15,16). The fourth-order valence-electron chi connectivity index (χ4n) is 1.65. The maximum atomic E-state index is 11.7. The number of hydrogen-bond donors (Lipinski definition) is 1. The van der Waals surface area contributed by atoms with Crippen LogP contribution in [0.5, 0.6) is 0 Å². The second kappa shape index (κ2) is 7.28. The van der Waals surface area contributed by atoms with Gasteiger partial charge in [-0.15, -0.1) is 0 Å². The van der Waals surface area contributed by atoms with E-state index in [-0.39, 0.29) is 5.91 Å². The minimum atomic E-state index is 0.141. The Kier molecular flexibility index (Phi) is 5.65. The van der Waals surface area contributed by atoms with Crippen LogP contribution in [0.2, 0.25) is 0 Å². The molecule has 0 bridgehead atoms. The van der Waals surface area contributed by atoms with Crippen LogP contribution in [0.25, 0.3) is 0 Å². The zero-order valence-electron chi connectivity index (χ0n) is 10.8. The molecule has 0 radical (unpaired) electrons. The van der Waals surface area contributed by atoms with Crippen molar-refractivity contribution in [2.75, 3.05) is 25.0 Å². The topological polar surface area (TPSA) is 69.0 Å². The first-order valence-electron chi connectivity index (χ1n) is 6.09. The lowest BCUT2D eigenvalue weighted by Gasteiger charge is -2.18. The summed E-state index contributed by atoms with van der Waals surface area (Å²) in [6.07, 6.45) is 2.03. The van der Waals surface area contributed by atoms with Crippen molar-refractivity contribution in [2.24, 2.45) is 0 Å². The number of anilines is 1. The molecule has 1 amide bonds. The molecule has 0 saturated heterocycles. The summed E-state index contributed by atoms with van der Waals surface area (Å²) >= 11 is 0. The Labute approximate surface area is 107 Å². The second-order valence-corrected chi connectivity index (χ2v) is 3.78. The van der Waals surface area contributed by atoms with Gasteiger partial charge in [0, 0.05) is 37.9 Å². The number of nitrogens with one attached hydrogen (secondary N) is 1. The zero-order valence-corrected chi connectivity index (χ0v) is 10.8. The highest BCUT2D eigenvalue weighted by atomic mass is 16.2. The number of hydrogen-bond acceptors (Lipinski definition) is 4. The maximum absolute atomic E-state index is 11.7. The summed E-state index contributed by atoms with van der Waals surface area (Å²) in [6.45, 7) is 5.98. The van der Waals surface area contributed by atoms with Crippen LogP contribution in [0.1, 0.15) is 26.0 Å². The first-order valence-corrected chi connectivity index (χ1v) is 6.09. The van der Waals surface area contributed by atoms with Crippen LogP contribution in [0, 0.1) is 11.3 Å². The van der Waals surface area contributed by atoms with Crippen LogP contribution in [0.3, 0.4) is 0 Å². The fourth-order valence-corrected chi connectivity index (χ4v) is 1.65. The second-order valence-electron chi connectivity index (χ2n) is 3.78. The zero-order chi connectivity index (χ0) is 13.4. The first kappa shape index (κ1) is 14.0. The quantitative estimate of drug-likeness (QED) is 0.828. The van der Waals surface area contributed by atoms with Crippen molar-refractivity contribution in [3.63, 3.8) is 0 Å². The van der Waals surface area contributed by atoms with Crippen molar-refractivity contribution in [2.45, 2.75) is 20.3 Å². The Hall–Kier alpha value is -2.09. The Morgan fingerprint density at radius 1 is 1.50 bits per heavy atom. The van der Waals surface area contributed by atoms with E-state index < -0.39 is 0 Å². The van der Waals surface area contributed by atoms with Crippen molar-refractivity contribution in [3.05, 3.63) is 24.0 Å². The third kappa shape index (κ3) is 4.06. The molecule has 1 N–H and O–H groups in total. The molecule has 5 nitrogen and oxygen atoms in total. The molecule has 0 aromatic carbocycles. The van der Waals surface area contributed by atoms with Crippen molar-refractivity contribution in [1.82, 2.24) is 9.88 Å². The molecule has 0 unspecified atom stereocenters. The molecule has 0 fully saturated rings. The van der Waals surface area contributed by atoms with E-state index in [1.807, 2.05) is 19.9 Å². The number of amides is 1. The number of nitriles is 1. The summed E-state index contributed by atoms with van der Waals surface area (Å²) in [5, 5.41) is 11.8. The van der Waals surface area contributed by atoms with Crippen LogP contribution >= 0.6 is 0 Å². The molecule has 0 aliphatic rings. The van der Waals surface area contributed by atoms with Gasteiger partial charge in [-0.2, -0.15) is 5.26 Å². The van der Waals surface area contributed by atoms with Crippen LogP contribution in [-0.4, -0.2) is 35.4 Å². The van der Waals surface area contributed by atoms with Crippen LogP contribution in [0.15, 0.2) is 18.3 Å². The highest BCUT2D eigenvalue weighted by Gasteiger charge is 2.08. The normalized spacial score (nSPS) is 9.61. The molecule has 1 heterocycles. The molecule has 0 saturated carbocycles. The average molecular weight is 246 g/mol. The van der Waals surface area contributed by atoms with E-state index in [0.29, 0.717) is 18.7 Å². The van der Waals surface area contributed by atoms with E-state index in [9.17, 15) is 4.79 Å². The van der Waals surface area contributed by atoms with Crippen molar-refractivity contribution in [1.29, 1.82) is 5.26 Å². The molecule has 1 rings (SSSR count). The van der Waals surface area contributed by atoms with Gasteiger partial charge >= 0.3 is 0 Å². The molecule has 0 atom stereocenters. The number of nitrogens with zero attached hydrogens (tertiary/aromatic N) is 3. The van der Waals surface area contributed by atoms with Crippen molar-refractivity contribution in [3.8, 4) is 6.07 Å². The van der Waals surface area contributed by atoms with Gasteiger partial charge in [-0.25, -0.2) is 4.98 Å². The third-order valence-electron chi connectivity index (χ3n) is 2.66.